The second-order valence-electron chi connectivity index (χ2n) is 9.29. The molecule has 216 valence electrons. The quantitative estimate of drug-likeness (QED) is 0.260. The van der Waals surface area contributed by atoms with E-state index in [0.717, 1.165) is 16.9 Å². The maximum atomic E-state index is 13.5. The average Bonchev–Trinajstić information content (AvgIpc) is 3.29. The van der Waals surface area contributed by atoms with Gasteiger partial charge in [0.1, 0.15) is 18.4 Å². The third kappa shape index (κ3) is 5.81. The molecule has 1 aliphatic rings. The van der Waals surface area contributed by atoms with E-state index >= 15 is 0 Å². The number of hydrogen-bond donors (Lipinski definition) is 1. The molecule has 2 heterocycles. The molecule has 5 rings (SSSR count). The molecule has 4 aromatic rings. The molecular formula is C31H26Cl2N2O6S. The molecule has 3 aromatic carbocycles. The van der Waals surface area contributed by atoms with E-state index in [2.05, 4.69) is 0 Å². The molecule has 0 fully saturated rings. The summed E-state index contributed by atoms with van der Waals surface area (Å²) in [4.78, 5) is 32.0. The molecule has 42 heavy (non-hydrogen) atoms. The normalized spacial score (nSPS) is 14.8. The molecule has 11 heteroatoms. The number of halogens is 2. The fourth-order valence-corrected chi connectivity index (χ4v) is 6.14. The third-order valence-electron chi connectivity index (χ3n) is 6.62. The van der Waals surface area contributed by atoms with Crippen LogP contribution in [0.25, 0.3) is 11.8 Å². The highest BCUT2D eigenvalue weighted by molar-refractivity contribution is 7.07. The fourth-order valence-electron chi connectivity index (χ4n) is 4.60. The van der Waals surface area contributed by atoms with E-state index in [1.54, 1.807) is 26.0 Å². The van der Waals surface area contributed by atoms with Crippen molar-refractivity contribution in [2.45, 2.75) is 26.5 Å². The topological polar surface area (TPSA) is 99.4 Å². The van der Waals surface area contributed by atoms with E-state index in [0.29, 0.717) is 39.2 Å². The summed E-state index contributed by atoms with van der Waals surface area (Å²) in [6, 6.07) is 17.2. The Kier molecular flexibility index (Phi) is 8.72. The lowest BCUT2D eigenvalue weighted by Crippen LogP contribution is -2.35. The van der Waals surface area contributed by atoms with Crippen molar-refractivity contribution in [3.8, 4) is 17.2 Å². The number of aromatic hydroxyl groups is 1. The fraction of sp³-hybridized carbons (Fsp3) is 0.194. The highest BCUT2D eigenvalue weighted by atomic mass is 35.5. The molecule has 0 unspecified atom stereocenters. The molecule has 0 bridgehead atoms. The van der Waals surface area contributed by atoms with Crippen LogP contribution >= 0.6 is 34.5 Å². The number of fused-ring (bicyclic) bond motifs is 1. The first-order chi connectivity index (χ1) is 20.2. The van der Waals surface area contributed by atoms with Crippen LogP contribution in [-0.2, 0) is 16.1 Å². The monoisotopic (exact) mass is 624 g/mol. The Morgan fingerprint density at radius 1 is 1.12 bits per heavy atom. The Morgan fingerprint density at radius 2 is 1.88 bits per heavy atom. The summed E-state index contributed by atoms with van der Waals surface area (Å²) in [6.45, 7) is 3.89. The summed E-state index contributed by atoms with van der Waals surface area (Å²) in [6.07, 6.45) is 1.50. The van der Waals surface area contributed by atoms with Crippen molar-refractivity contribution >= 4 is 52.3 Å². The van der Waals surface area contributed by atoms with E-state index < -0.39 is 17.6 Å². The highest BCUT2D eigenvalue weighted by Gasteiger charge is 2.32. The number of esters is 1. The maximum Gasteiger partial charge on any atom is 0.338 e. The molecule has 0 radical (unpaired) electrons. The highest BCUT2D eigenvalue weighted by Crippen LogP contribution is 2.37. The van der Waals surface area contributed by atoms with Gasteiger partial charge in [-0.15, -0.1) is 0 Å². The molecule has 0 spiro atoms. The van der Waals surface area contributed by atoms with Crippen LogP contribution in [-0.4, -0.2) is 29.4 Å². The Bertz CT molecular complexity index is 1880. The maximum absolute atomic E-state index is 13.5. The van der Waals surface area contributed by atoms with Crippen LogP contribution in [0, 0.1) is 0 Å². The van der Waals surface area contributed by atoms with Gasteiger partial charge in [-0.25, -0.2) is 9.79 Å². The van der Waals surface area contributed by atoms with E-state index in [1.807, 2.05) is 36.4 Å². The number of hydrogen-bond acceptors (Lipinski definition) is 8. The van der Waals surface area contributed by atoms with Crippen LogP contribution in [0.15, 0.2) is 76.0 Å². The zero-order valence-electron chi connectivity index (χ0n) is 22.9. The molecule has 0 aliphatic carbocycles. The summed E-state index contributed by atoms with van der Waals surface area (Å²) < 4.78 is 18.6. The lowest BCUT2D eigenvalue weighted by Gasteiger charge is -2.23. The SMILES string of the molecule is CCOC(=O)C1=C(C)n2c(s/c(=C\c3cc(Cl)cc(Cl)c3O)c2=O)=N[C@@H]1c1ccc(OCc2ccccc2)c(OC)c1. The van der Waals surface area contributed by atoms with E-state index in [1.165, 1.54) is 29.9 Å². The number of ether oxygens (including phenoxy) is 3. The van der Waals surface area contributed by atoms with Crippen LogP contribution in [0.1, 0.15) is 36.6 Å². The van der Waals surface area contributed by atoms with Crippen molar-refractivity contribution in [1.29, 1.82) is 0 Å². The summed E-state index contributed by atoms with van der Waals surface area (Å²) >= 11 is 13.3. The number of phenolic OH excluding ortho intramolecular Hbond substituents is 1. The smallest absolute Gasteiger partial charge is 0.338 e. The summed E-state index contributed by atoms with van der Waals surface area (Å²) in [5.41, 5.74) is 2.15. The molecule has 1 aliphatic heterocycles. The van der Waals surface area contributed by atoms with Gasteiger partial charge in [-0.05, 0) is 55.3 Å². The third-order valence-corrected chi connectivity index (χ3v) is 8.11. The van der Waals surface area contributed by atoms with Crippen molar-refractivity contribution < 1.29 is 24.1 Å². The predicted molar refractivity (Wildman–Crippen MR) is 163 cm³/mol. The Labute approximate surface area is 255 Å². The molecule has 1 N–H and O–H groups in total. The molecule has 0 amide bonds. The first kappa shape index (κ1) is 29.4. The number of thiazole rings is 1. The Balaban J connectivity index is 1.61. The number of benzene rings is 3. The number of allylic oxidation sites excluding steroid dienone is 1. The van der Waals surface area contributed by atoms with Gasteiger partial charge < -0.3 is 19.3 Å². The number of aromatic nitrogens is 1. The van der Waals surface area contributed by atoms with Crippen molar-refractivity contribution in [3.05, 3.63) is 113 Å². The minimum Gasteiger partial charge on any atom is -0.506 e. The Hall–Kier alpha value is -4.05. The van der Waals surface area contributed by atoms with Crippen molar-refractivity contribution in [2.75, 3.05) is 13.7 Å². The lowest BCUT2D eigenvalue weighted by atomic mass is 9.96. The van der Waals surface area contributed by atoms with Gasteiger partial charge in [0.2, 0.25) is 0 Å². The van der Waals surface area contributed by atoms with Gasteiger partial charge in [0.15, 0.2) is 16.3 Å². The molecule has 0 saturated heterocycles. The molecule has 1 atom stereocenters. The molecule has 1 aromatic heterocycles. The van der Waals surface area contributed by atoms with Gasteiger partial charge in [-0.2, -0.15) is 0 Å². The second kappa shape index (κ2) is 12.4. The number of nitrogens with zero attached hydrogens (tertiary/aromatic N) is 2. The van der Waals surface area contributed by atoms with Crippen molar-refractivity contribution in [2.24, 2.45) is 4.99 Å². The second-order valence-corrected chi connectivity index (χ2v) is 11.1. The lowest BCUT2D eigenvalue weighted by molar-refractivity contribution is -0.138. The summed E-state index contributed by atoms with van der Waals surface area (Å²) in [5, 5.41) is 10.8. The average molecular weight is 626 g/mol. The number of carbonyl (C=O) groups excluding carboxylic acids is 1. The zero-order valence-corrected chi connectivity index (χ0v) is 25.2. The van der Waals surface area contributed by atoms with Crippen LogP contribution in [0.5, 0.6) is 17.2 Å². The van der Waals surface area contributed by atoms with Gasteiger partial charge in [-0.1, -0.05) is 70.9 Å². The van der Waals surface area contributed by atoms with Gasteiger partial charge >= 0.3 is 5.97 Å². The van der Waals surface area contributed by atoms with E-state index in [4.69, 9.17) is 42.4 Å². The number of rotatable bonds is 8. The summed E-state index contributed by atoms with van der Waals surface area (Å²) in [5.74, 6) is 0.216. The number of methoxy groups -OCH3 is 1. The number of carbonyl (C=O) groups is 1. The predicted octanol–water partition coefficient (Wildman–Crippen LogP) is 5.51. The van der Waals surface area contributed by atoms with Crippen LogP contribution < -0.4 is 24.4 Å². The molecular weight excluding hydrogens is 599 g/mol. The van der Waals surface area contributed by atoms with E-state index in [9.17, 15) is 14.7 Å². The first-order valence-electron chi connectivity index (χ1n) is 12.9. The van der Waals surface area contributed by atoms with Crippen LogP contribution in [0.2, 0.25) is 10.0 Å². The minimum atomic E-state index is -0.777. The van der Waals surface area contributed by atoms with Gasteiger partial charge in [0.25, 0.3) is 5.56 Å². The van der Waals surface area contributed by atoms with Gasteiger partial charge in [-0.3, -0.25) is 9.36 Å². The minimum absolute atomic E-state index is 0.0609. The first-order valence-corrected chi connectivity index (χ1v) is 14.5. The zero-order chi connectivity index (χ0) is 30.0. The largest absolute Gasteiger partial charge is 0.506 e. The van der Waals surface area contributed by atoms with Crippen molar-refractivity contribution in [1.82, 2.24) is 4.57 Å². The van der Waals surface area contributed by atoms with Crippen LogP contribution in [0.4, 0.5) is 0 Å². The van der Waals surface area contributed by atoms with Gasteiger partial charge in [0, 0.05) is 16.3 Å². The summed E-state index contributed by atoms with van der Waals surface area (Å²) in [7, 11) is 1.54. The van der Waals surface area contributed by atoms with Gasteiger partial charge in [0.05, 0.1) is 28.8 Å². The molecule has 0 saturated carbocycles. The standard InChI is InChI=1S/C31H26Cl2N2O6S/c1-4-40-30(38)26-17(2)35-29(37)25(14-20-12-21(32)15-22(33)28(20)36)42-31(35)34-27(26)19-10-11-23(24(13-19)39-3)41-16-18-8-6-5-7-9-18/h5-15,27,36H,4,16H2,1-3H3/b25-14-/t27-/m1/s1. The number of phenols is 1. The molecule has 8 nitrogen and oxygen atoms in total. The van der Waals surface area contributed by atoms with Crippen molar-refractivity contribution in [3.63, 3.8) is 0 Å². The Morgan fingerprint density at radius 3 is 2.60 bits per heavy atom. The van der Waals surface area contributed by atoms with E-state index in [-0.39, 0.29) is 33.0 Å². The van der Waals surface area contributed by atoms with Crippen LogP contribution in [0.3, 0.4) is 0 Å².